The van der Waals surface area contributed by atoms with Gasteiger partial charge in [-0.05, 0) is 85.4 Å². The van der Waals surface area contributed by atoms with E-state index in [-0.39, 0.29) is 5.69 Å². The molecule has 6 aromatic rings. The minimum atomic E-state index is -0.455. The van der Waals surface area contributed by atoms with Crippen molar-refractivity contribution in [2.45, 2.75) is 25.8 Å². The standard InChI is InChI=1S/C29H22FN7OS/c1-16-4-2-3-5-20(16)33-28-24(35-29(38)27-19-14-17(30)6-11-26(19)39-36-27)15-23-21(34-28)9-10-22(32-23)25-12-13-31-37(25)18-7-8-18/h2-6,9-15,18H,7-8H2,1H3,(H,33,34)(H,35,38). The van der Waals surface area contributed by atoms with Crippen LogP contribution in [0.25, 0.3) is 32.5 Å². The molecule has 2 aromatic carbocycles. The van der Waals surface area contributed by atoms with Crippen LogP contribution in [-0.4, -0.2) is 30.0 Å². The monoisotopic (exact) mass is 535 g/mol. The molecule has 1 aliphatic rings. The maximum atomic E-state index is 14.0. The van der Waals surface area contributed by atoms with Crippen LogP contribution in [0.3, 0.4) is 0 Å². The molecule has 0 radical (unpaired) electrons. The number of rotatable bonds is 6. The first kappa shape index (κ1) is 23.4. The van der Waals surface area contributed by atoms with Gasteiger partial charge in [-0.1, -0.05) is 18.2 Å². The number of carbonyl (C=O) groups excluding carboxylic acids is 1. The van der Waals surface area contributed by atoms with Gasteiger partial charge in [0, 0.05) is 17.3 Å². The fourth-order valence-corrected chi connectivity index (χ4v) is 5.37. The van der Waals surface area contributed by atoms with Gasteiger partial charge in [0.2, 0.25) is 0 Å². The van der Waals surface area contributed by atoms with Crippen LogP contribution in [0.4, 0.5) is 21.6 Å². The maximum Gasteiger partial charge on any atom is 0.276 e. The summed E-state index contributed by atoms with van der Waals surface area (Å²) < 4.78 is 21.0. The first-order chi connectivity index (χ1) is 19.0. The fourth-order valence-electron chi connectivity index (χ4n) is 4.61. The molecule has 4 aromatic heterocycles. The zero-order valence-corrected chi connectivity index (χ0v) is 21.7. The lowest BCUT2D eigenvalue weighted by Gasteiger charge is -2.15. The Balaban J connectivity index is 1.32. The van der Waals surface area contributed by atoms with Gasteiger partial charge >= 0.3 is 0 Å². The van der Waals surface area contributed by atoms with Crippen molar-refractivity contribution in [1.29, 1.82) is 0 Å². The van der Waals surface area contributed by atoms with Gasteiger partial charge < -0.3 is 10.6 Å². The van der Waals surface area contributed by atoms with Crippen LogP contribution in [0.2, 0.25) is 0 Å². The highest BCUT2D eigenvalue weighted by atomic mass is 32.1. The second-order valence-electron chi connectivity index (χ2n) is 9.58. The number of para-hydroxylation sites is 1. The van der Waals surface area contributed by atoms with E-state index in [0.717, 1.165) is 51.7 Å². The van der Waals surface area contributed by atoms with Crippen molar-refractivity contribution in [2.24, 2.45) is 0 Å². The molecule has 39 heavy (non-hydrogen) atoms. The summed E-state index contributed by atoms with van der Waals surface area (Å²) in [5.41, 5.74) is 5.51. The molecule has 1 saturated carbocycles. The van der Waals surface area contributed by atoms with E-state index in [9.17, 15) is 9.18 Å². The Morgan fingerprint density at radius 3 is 2.72 bits per heavy atom. The van der Waals surface area contributed by atoms with Gasteiger partial charge in [0.15, 0.2) is 5.82 Å². The highest BCUT2D eigenvalue weighted by molar-refractivity contribution is 7.13. The van der Waals surface area contributed by atoms with E-state index in [1.807, 2.05) is 54.1 Å². The largest absolute Gasteiger partial charge is 0.338 e. The van der Waals surface area contributed by atoms with Crippen molar-refractivity contribution in [3.05, 3.63) is 90.0 Å². The SMILES string of the molecule is Cc1ccccc1Nc1nc2ccc(-c3ccnn3C3CC3)nc2cc1NC(=O)c1nsc2ccc(F)cc12. The number of fused-ring (bicyclic) bond motifs is 2. The van der Waals surface area contributed by atoms with Crippen LogP contribution in [0.15, 0.2) is 72.9 Å². The van der Waals surface area contributed by atoms with Gasteiger partial charge in [0.25, 0.3) is 5.91 Å². The zero-order chi connectivity index (χ0) is 26.5. The molecule has 10 heteroatoms. The molecule has 8 nitrogen and oxygen atoms in total. The van der Waals surface area contributed by atoms with Crippen molar-refractivity contribution in [3.8, 4) is 11.4 Å². The summed E-state index contributed by atoms with van der Waals surface area (Å²) in [7, 11) is 0. The number of nitrogens with one attached hydrogen (secondary N) is 2. The summed E-state index contributed by atoms with van der Waals surface area (Å²) >= 11 is 1.15. The number of aromatic nitrogens is 5. The van der Waals surface area contributed by atoms with Crippen LogP contribution in [0.1, 0.15) is 34.9 Å². The van der Waals surface area contributed by atoms with E-state index in [1.54, 1.807) is 18.3 Å². The molecular weight excluding hydrogens is 513 g/mol. The van der Waals surface area contributed by atoms with E-state index in [4.69, 9.17) is 9.97 Å². The maximum absolute atomic E-state index is 14.0. The molecule has 4 heterocycles. The van der Waals surface area contributed by atoms with E-state index in [0.29, 0.717) is 34.0 Å². The van der Waals surface area contributed by atoms with Gasteiger partial charge in [0.05, 0.1) is 38.9 Å². The highest BCUT2D eigenvalue weighted by Gasteiger charge is 2.27. The number of amides is 1. The number of hydrogen-bond acceptors (Lipinski definition) is 7. The number of aryl methyl sites for hydroxylation is 1. The van der Waals surface area contributed by atoms with E-state index >= 15 is 0 Å². The molecule has 0 bridgehead atoms. The molecule has 0 saturated heterocycles. The Kier molecular flexibility index (Phi) is 5.55. The summed E-state index contributed by atoms with van der Waals surface area (Å²) in [6, 6.07) is 20.2. The average Bonchev–Trinajstić information content (AvgIpc) is 3.50. The third-order valence-electron chi connectivity index (χ3n) is 6.79. The Morgan fingerprint density at radius 2 is 1.87 bits per heavy atom. The van der Waals surface area contributed by atoms with Gasteiger partial charge in [-0.2, -0.15) is 9.47 Å². The Hall–Kier alpha value is -4.70. The molecule has 0 atom stereocenters. The van der Waals surface area contributed by atoms with Gasteiger partial charge in [-0.25, -0.2) is 14.4 Å². The first-order valence-electron chi connectivity index (χ1n) is 12.6. The van der Waals surface area contributed by atoms with Gasteiger partial charge in [-0.15, -0.1) is 0 Å². The van der Waals surface area contributed by atoms with Crippen LogP contribution >= 0.6 is 11.5 Å². The van der Waals surface area contributed by atoms with Crippen LogP contribution < -0.4 is 10.6 Å². The van der Waals surface area contributed by atoms with Gasteiger partial charge in [0.1, 0.15) is 11.5 Å². The summed E-state index contributed by atoms with van der Waals surface area (Å²) in [5.74, 6) is -0.412. The number of anilines is 3. The summed E-state index contributed by atoms with van der Waals surface area (Å²) in [5, 5.41) is 11.3. The molecule has 1 aliphatic carbocycles. The predicted octanol–water partition coefficient (Wildman–Crippen LogP) is 6.88. The molecule has 2 N–H and O–H groups in total. The smallest absolute Gasteiger partial charge is 0.276 e. The lowest BCUT2D eigenvalue weighted by molar-refractivity contribution is 0.102. The quantitative estimate of drug-likeness (QED) is 0.241. The van der Waals surface area contributed by atoms with Gasteiger partial charge in [-0.3, -0.25) is 9.48 Å². The number of carbonyl (C=O) groups is 1. The lowest BCUT2D eigenvalue weighted by Crippen LogP contribution is -2.14. The lowest BCUT2D eigenvalue weighted by atomic mass is 10.2. The molecule has 192 valence electrons. The second kappa shape index (κ2) is 9.25. The molecule has 7 rings (SSSR count). The molecule has 0 spiro atoms. The van der Waals surface area contributed by atoms with Crippen molar-refractivity contribution >= 4 is 55.8 Å². The highest BCUT2D eigenvalue weighted by Crippen LogP contribution is 2.38. The second-order valence-corrected chi connectivity index (χ2v) is 10.4. The molecule has 1 amide bonds. The third kappa shape index (κ3) is 4.38. The molecule has 0 aliphatic heterocycles. The Bertz CT molecular complexity index is 1890. The number of halogens is 1. The van der Waals surface area contributed by atoms with E-state index in [2.05, 4.69) is 20.1 Å². The Morgan fingerprint density at radius 1 is 1.00 bits per heavy atom. The van der Waals surface area contributed by atoms with Crippen LogP contribution in [-0.2, 0) is 0 Å². The first-order valence-corrected chi connectivity index (χ1v) is 13.4. The van der Waals surface area contributed by atoms with Crippen molar-refractivity contribution in [3.63, 3.8) is 0 Å². The van der Waals surface area contributed by atoms with Crippen molar-refractivity contribution in [1.82, 2.24) is 24.1 Å². The molecule has 0 unspecified atom stereocenters. The predicted molar refractivity (Wildman–Crippen MR) is 151 cm³/mol. The normalized spacial score (nSPS) is 13.2. The number of hydrogen-bond donors (Lipinski definition) is 2. The Labute approximate surface area is 226 Å². The fraction of sp³-hybridized carbons (Fsp3) is 0.138. The van der Waals surface area contributed by atoms with Crippen LogP contribution in [0.5, 0.6) is 0 Å². The summed E-state index contributed by atoms with van der Waals surface area (Å²) in [6.07, 6.45) is 4.02. The topological polar surface area (TPSA) is 97.6 Å². The molecule has 1 fully saturated rings. The van der Waals surface area contributed by atoms with Crippen LogP contribution in [0, 0.1) is 12.7 Å². The zero-order valence-electron chi connectivity index (χ0n) is 20.9. The average molecular weight is 536 g/mol. The minimum Gasteiger partial charge on any atom is -0.338 e. The van der Waals surface area contributed by atoms with Crippen molar-refractivity contribution < 1.29 is 9.18 Å². The molecular formula is C29H22FN7OS. The third-order valence-corrected chi connectivity index (χ3v) is 7.62. The summed E-state index contributed by atoms with van der Waals surface area (Å²) in [4.78, 5) is 23.1. The number of pyridine rings is 2. The minimum absolute atomic E-state index is 0.159. The number of nitrogens with zero attached hydrogens (tertiary/aromatic N) is 5. The number of benzene rings is 2. The van der Waals surface area contributed by atoms with E-state index in [1.165, 1.54) is 12.1 Å². The summed E-state index contributed by atoms with van der Waals surface area (Å²) in [6.45, 7) is 1.99. The van der Waals surface area contributed by atoms with Crippen molar-refractivity contribution in [2.75, 3.05) is 10.6 Å². The van der Waals surface area contributed by atoms with E-state index < -0.39 is 11.7 Å².